The maximum atomic E-state index is 9.18. The lowest BCUT2D eigenvalue weighted by molar-refractivity contribution is 0.210. The quantitative estimate of drug-likeness (QED) is 0.754. The van der Waals surface area contributed by atoms with Crippen molar-refractivity contribution in [3.63, 3.8) is 0 Å². The third-order valence-corrected chi connectivity index (χ3v) is 2.95. The zero-order valence-corrected chi connectivity index (χ0v) is 8.25. The molecule has 1 N–H and O–H groups in total. The Bertz CT molecular complexity index is 313. The van der Waals surface area contributed by atoms with Gasteiger partial charge in [0.1, 0.15) is 0 Å². The highest BCUT2D eigenvalue weighted by molar-refractivity contribution is 5.18. The summed E-state index contributed by atoms with van der Waals surface area (Å²) in [7, 11) is 1.94. The van der Waals surface area contributed by atoms with Crippen LogP contribution in [0.25, 0.3) is 0 Å². The molecule has 1 aromatic rings. The lowest BCUT2D eigenvalue weighted by atomic mass is 10.00. The average Bonchev–Trinajstić information content (AvgIpc) is 2.77. The molecule has 1 aliphatic rings. The van der Waals surface area contributed by atoms with E-state index < -0.39 is 0 Å². The lowest BCUT2D eigenvalue weighted by Gasteiger charge is -2.09. The smallest absolute Gasteiger partial charge is 0.0660 e. The van der Waals surface area contributed by atoms with Gasteiger partial charge in [-0.3, -0.25) is 4.68 Å². The first-order chi connectivity index (χ1) is 6.15. The molecule has 0 spiro atoms. The summed E-state index contributed by atoms with van der Waals surface area (Å²) in [6.45, 7) is 2.39. The minimum Gasteiger partial charge on any atom is -0.396 e. The largest absolute Gasteiger partial charge is 0.396 e. The van der Waals surface area contributed by atoms with Crippen molar-refractivity contribution in [2.45, 2.75) is 26.2 Å². The van der Waals surface area contributed by atoms with Crippen LogP contribution in [-0.2, 0) is 13.5 Å². The number of rotatable bonds is 3. The number of aliphatic hydroxyl groups is 1. The van der Waals surface area contributed by atoms with E-state index >= 15 is 0 Å². The summed E-state index contributed by atoms with van der Waals surface area (Å²) in [5.41, 5.74) is 2.57. The molecule has 0 bridgehead atoms. The zero-order chi connectivity index (χ0) is 9.47. The molecule has 0 saturated heterocycles. The fraction of sp³-hybridized carbons (Fsp3) is 0.700. The molecule has 0 unspecified atom stereocenters. The van der Waals surface area contributed by atoms with Crippen molar-refractivity contribution in [1.82, 2.24) is 9.78 Å². The number of nitrogens with zero attached hydrogens (tertiary/aromatic N) is 2. The fourth-order valence-corrected chi connectivity index (χ4v) is 1.75. The van der Waals surface area contributed by atoms with Gasteiger partial charge in [0.15, 0.2) is 0 Å². The van der Waals surface area contributed by atoms with Gasteiger partial charge in [-0.25, -0.2) is 0 Å². The van der Waals surface area contributed by atoms with Crippen LogP contribution < -0.4 is 0 Å². The first-order valence-electron chi connectivity index (χ1n) is 4.75. The topological polar surface area (TPSA) is 38.0 Å². The van der Waals surface area contributed by atoms with E-state index in [4.69, 9.17) is 0 Å². The molecule has 1 fully saturated rings. The van der Waals surface area contributed by atoms with Crippen LogP contribution in [0.1, 0.15) is 24.1 Å². The zero-order valence-electron chi connectivity index (χ0n) is 8.25. The van der Waals surface area contributed by atoms with Gasteiger partial charge in [-0.15, -0.1) is 0 Å². The monoisotopic (exact) mass is 180 g/mol. The third-order valence-electron chi connectivity index (χ3n) is 2.95. The van der Waals surface area contributed by atoms with Gasteiger partial charge < -0.3 is 5.11 Å². The van der Waals surface area contributed by atoms with Gasteiger partial charge in [-0.05, 0) is 37.2 Å². The normalized spacial score (nSPS) is 19.0. The third kappa shape index (κ3) is 1.61. The molecule has 1 saturated carbocycles. The molecule has 1 aliphatic carbocycles. The van der Waals surface area contributed by atoms with E-state index in [9.17, 15) is 5.11 Å². The Morgan fingerprint density at radius 1 is 1.62 bits per heavy atom. The van der Waals surface area contributed by atoms with Crippen LogP contribution in [0.3, 0.4) is 0 Å². The number of hydrogen-bond donors (Lipinski definition) is 1. The molecule has 3 heteroatoms. The maximum Gasteiger partial charge on any atom is 0.0660 e. The van der Waals surface area contributed by atoms with Crippen LogP contribution in [0.5, 0.6) is 0 Å². The Morgan fingerprint density at radius 3 is 2.69 bits per heavy atom. The predicted molar refractivity (Wildman–Crippen MR) is 50.4 cm³/mol. The van der Waals surface area contributed by atoms with E-state index in [1.54, 1.807) is 0 Å². The van der Waals surface area contributed by atoms with E-state index in [-0.39, 0.29) is 5.41 Å². The van der Waals surface area contributed by atoms with Crippen LogP contribution in [0, 0.1) is 12.3 Å². The van der Waals surface area contributed by atoms with Gasteiger partial charge in [-0.2, -0.15) is 5.10 Å². The molecule has 1 heterocycles. The first-order valence-corrected chi connectivity index (χ1v) is 4.75. The van der Waals surface area contributed by atoms with E-state index in [2.05, 4.69) is 12.0 Å². The minimum atomic E-state index is 0.180. The van der Waals surface area contributed by atoms with Crippen molar-refractivity contribution in [3.8, 4) is 0 Å². The molecule has 0 atom stereocenters. The van der Waals surface area contributed by atoms with Crippen molar-refractivity contribution in [2.24, 2.45) is 12.5 Å². The summed E-state index contributed by atoms with van der Waals surface area (Å²) in [5, 5.41) is 13.6. The molecule has 72 valence electrons. The Kier molecular flexibility index (Phi) is 1.91. The molecule has 0 aromatic carbocycles. The van der Waals surface area contributed by atoms with Crippen LogP contribution in [-0.4, -0.2) is 21.5 Å². The predicted octanol–water partition coefficient (Wildman–Crippen LogP) is 1.04. The Morgan fingerprint density at radius 2 is 2.31 bits per heavy atom. The summed E-state index contributed by atoms with van der Waals surface area (Å²) in [4.78, 5) is 0. The van der Waals surface area contributed by atoms with Crippen LogP contribution in [0.15, 0.2) is 6.20 Å². The number of aromatic nitrogens is 2. The summed E-state index contributed by atoms with van der Waals surface area (Å²) in [5.74, 6) is 0. The van der Waals surface area contributed by atoms with Crippen molar-refractivity contribution in [3.05, 3.63) is 17.5 Å². The maximum absolute atomic E-state index is 9.18. The second-order valence-electron chi connectivity index (χ2n) is 4.27. The second kappa shape index (κ2) is 2.84. The number of aryl methyl sites for hydroxylation is 2. The molecule has 0 aliphatic heterocycles. The molecule has 0 radical (unpaired) electrons. The summed E-state index contributed by atoms with van der Waals surface area (Å²) < 4.78 is 1.85. The summed E-state index contributed by atoms with van der Waals surface area (Å²) >= 11 is 0. The summed E-state index contributed by atoms with van der Waals surface area (Å²) in [6.07, 6.45) is 5.28. The van der Waals surface area contributed by atoms with Gasteiger partial charge >= 0.3 is 0 Å². The van der Waals surface area contributed by atoms with Crippen LogP contribution in [0.2, 0.25) is 0 Å². The highest BCUT2D eigenvalue weighted by atomic mass is 16.3. The first kappa shape index (κ1) is 8.75. The van der Waals surface area contributed by atoms with Gasteiger partial charge in [-0.1, -0.05) is 0 Å². The van der Waals surface area contributed by atoms with Crippen molar-refractivity contribution in [2.75, 3.05) is 6.61 Å². The van der Waals surface area contributed by atoms with E-state index in [1.165, 1.54) is 5.56 Å². The van der Waals surface area contributed by atoms with Crippen molar-refractivity contribution in [1.29, 1.82) is 0 Å². The van der Waals surface area contributed by atoms with E-state index in [0.29, 0.717) is 6.61 Å². The van der Waals surface area contributed by atoms with E-state index in [0.717, 1.165) is 25.0 Å². The van der Waals surface area contributed by atoms with Crippen molar-refractivity contribution < 1.29 is 5.11 Å². The summed E-state index contributed by atoms with van der Waals surface area (Å²) in [6, 6.07) is 0. The second-order valence-corrected chi connectivity index (χ2v) is 4.27. The number of aliphatic hydroxyl groups excluding tert-OH is 1. The van der Waals surface area contributed by atoms with Crippen molar-refractivity contribution >= 4 is 0 Å². The molecule has 2 rings (SSSR count). The van der Waals surface area contributed by atoms with Gasteiger partial charge in [0.25, 0.3) is 0 Å². The Balaban J connectivity index is 2.13. The molecular formula is C10H16N2O. The van der Waals surface area contributed by atoms with Crippen LogP contribution >= 0.6 is 0 Å². The molecule has 0 amide bonds. The van der Waals surface area contributed by atoms with E-state index in [1.807, 2.05) is 17.9 Å². The Hall–Kier alpha value is -0.830. The molecule has 3 nitrogen and oxygen atoms in total. The molecular weight excluding hydrogens is 164 g/mol. The average molecular weight is 180 g/mol. The highest BCUT2D eigenvalue weighted by Gasteiger charge is 2.42. The number of hydrogen-bond acceptors (Lipinski definition) is 2. The van der Waals surface area contributed by atoms with Gasteiger partial charge in [0.2, 0.25) is 0 Å². The van der Waals surface area contributed by atoms with Gasteiger partial charge in [0, 0.05) is 19.9 Å². The lowest BCUT2D eigenvalue weighted by Crippen LogP contribution is -2.11. The standard InChI is InChI=1S/C10H16N2O/c1-8-6-12(2)11-9(8)5-10(7-13)3-4-10/h6,13H,3-5,7H2,1-2H3. The molecule has 13 heavy (non-hydrogen) atoms. The SMILES string of the molecule is Cc1cn(C)nc1CC1(CO)CC1. The highest BCUT2D eigenvalue weighted by Crippen LogP contribution is 2.47. The molecule has 1 aromatic heterocycles. The Labute approximate surface area is 78.4 Å². The fourth-order valence-electron chi connectivity index (χ4n) is 1.75. The van der Waals surface area contributed by atoms with Gasteiger partial charge in [0.05, 0.1) is 5.69 Å². The van der Waals surface area contributed by atoms with Crippen LogP contribution in [0.4, 0.5) is 0 Å². The minimum absolute atomic E-state index is 0.180.